The minimum Gasteiger partial charge on any atom is -0.309 e. The third kappa shape index (κ3) is 5.05. The smallest absolute Gasteiger partial charge is 0.160 e. The van der Waals surface area contributed by atoms with Crippen molar-refractivity contribution in [2.24, 2.45) is 0 Å². The molecule has 0 fully saturated rings. The molecule has 0 saturated heterocycles. The molecule has 3 heteroatoms. The number of aromatic nitrogens is 3. The summed E-state index contributed by atoms with van der Waals surface area (Å²) in [6.45, 7) is 6.21. The van der Waals surface area contributed by atoms with E-state index in [1.807, 2.05) is 6.08 Å². The minimum absolute atomic E-state index is 0.682. The van der Waals surface area contributed by atoms with Crippen LogP contribution in [0.4, 0.5) is 0 Å². The number of nitrogens with zero attached hydrogens (tertiary/aromatic N) is 3. The Balaban J connectivity index is 1.22. The zero-order chi connectivity index (χ0) is 36.2. The molecular weight excluding hydrogens is 655 g/mol. The quantitative estimate of drug-likeness (QED) is 0.163. The van der Waals surface area contributed by atoms with Crippen molar-refractivity contribution in [2.45, 2.75) is 6.92 Å². The average molecular weight is 690 g/mol. The van der Waals surface area contributed by atoms with Gasteiger partial charge in [-0.1, -0.05) is 134 Å². The summed E-state index contributed by atoms with van der Waals surface area (Å²) in [6.07, 6.45) is 6.20. The first-order valence-electron chi connectivity index (χ1n) is 18.4. The summed E-state index contributed by atoms with van der Waals surface area (Å²) in [5.74, 6) is 0.682. The van der Waals surface area contributed by atoms with Gasteiger partial charge in [0.1, 0.15) is 0 Å². The molecule has 3 nitrogen and oxygen atoms in total. The van der Waals surface area contributed by atoms with Gasteiger partial charge < -0.3 is 4.57 Å². The molecule has 0 aliphatic carbocycles. The van der Waals surface area contributed by atoms with E-state index in [0.29, 0.717) is 5.82 Å². The highest BCUT2D eigenvalue weighted by Crippen LogP contribution is 2.40. The molecule has 10 rings (SSSR count). The van der Waals surface area contributed by atoms with Crippen LogP contribution in [0.2, 0.25) is 0 Å². The number of allylic oxidation sites excluding steroid dienone is 1. The zero-order valence-electron chi connectivity index (χ0n) is 29.9. The van der Waals surface area contributed by atoms with E-state index < -0.39 is 0 Å². The number of benzene rings is 8. The van der Waals surface area contributed by atoms with Crippen LogP contribution in [-0.2, 0) is 0 Å². The van der Waals surface area contributed by atoms with Crippen molar-refractivity contribution in [1.29, 1.82) is 0 Å². The monoisotopic (exact) mass is 689 g/mol. The lowest BCUT2D eigenvalue weighted by Gasteiger charge is -2.15. The second-order valence-corrected chi connectivity index (χ2v) is 13.7. The number of fused-ring (bicyclic) bond motifs is 7. The molecule has 0 atom stereocenters. The van der Waals surface area contributed by atoms with Gasteiger partial charge in [0.05, 0.1) is 22.6 Å². The number of para-hydroxylation sites is 1. The van der Waals surface area contributed by atoms with Gasteiger partial charge in [0.2, 0.25) is 0 Å². The highest BCUT2D eigenvalue weighted by molar-refractivity contribution is 6.15. The third-order valence-corrected chi connectivity index (χ3v) is 10.7. The Morgan fingerprint density at radius 2 is 0.981 bits per heavy atom. The normalized spacial score (nSPS) is 11.8. The Kier molecular flexibility index (Phi) is 7.52. The van der Waals surface area contributed by atoms with Gasteiger partial charge in [0.15, 0.2) is 5.82 Å². The number of hydrogen-bond donors (Lipinski definition) is 0. The van der Waals surface area contributed by atoms with Crippen LogP contribution in [0.15, 0.2) is 176 Å². The van der Waals surface area contributed by atoms with E-state index in [1.54, 1.807) is 0 Å². The predicted octanol–water partition coefficient (Wildman–Crippen LogP) is 13.7. The van der Waals surface area contributed by atoms with Crippen LogP contribution in [0.25, 0.3) is 106 Å². The van der Waals surface area contributed by atoms with Crippen molar-refractivity contribution in [3.05, 3.63) is 188 Å². The first-order valence-corrected chi connectivity index (χ1v) is 18.4. The number of hydrogen-bond acceptors (Lipinski definition) is 2. The minimum atomic E-state index is 0.682. The summed E-state index contributed by atoms with van der Waals surface area (Å²) in [5.41, 5.74) is 9.33. The summed E-state index contributed by atoms with van der Waals surface area (Å²) < 4.78 is 2.31. The largest absolute Gasteiger partial charge is 0.309 e. The molecule has 254 valence electrons. The molecule has 10 aromatic rings. The summed E-state index contributed by atoms with van der Waals surface area (Å²) in [4.78, 5) is 10.7. The molecule has 0 aliphatic rings. The fourth-order valence-corrected chi connectivity index (χ4v) is 8.24. The summed E-state index contributed by atoms with van der Waals surface area (Å²) >= 11 is 0. The van der Waals surface area contributed by atoms with Gasteiger partial charge >= 0.3 is 0 Å². The fraction of sp³-hybridized carbons (Fsp3) is 0.0196. The first kappa shape index (κ1) is 31.6. The molecule has 54 heavy (non-hydrogen) atoms. The fourth-order valence-electron chi connectivity index (χ4n) is 8.24. The summed E-state index contributed by atoms with van der Waals surface area (Å²) in [6, 6.07) is 58.4. The van der Waals surface area contributed by atoms with Crippen LogP contribution in [0.3, 0.4) is 0 Å². The SMILES string of the molecule is C=Cc1c(/C=C\C)n(-c2ccc(-c3nc(-c4cc5ccccc5c5ccccc45)cc(-c4cc5ccccc5c5ccccc45)n3)cc2)c2ccccc12. The molecule has 0 bridgehead atoms. The van der Waals surface area contributed by atoms with Gasteiger partial charge in [-0.25, -0.2) is 9.97 Å². The maximum Gasteiger partial charge on any atom is 0.160 e. The van der Waals surface area contributed by atoms with Crippen molar-refractivity contribution in [3.8, 4) is 39.6 Å². The molecular formula is C51H35N3. The molecule has 2 heterocycles. The molecule has 0 amide bonds. The maximum atomic E-state index is 5.37. The van der Waals surface area contributed by atoms with Crippen LogP contribution < -0.4 is 0 Å². The second-order valence-electron chi connectivity index (χ2n) is 13.7. The summed E-state index contributed by atoms with van der Waals surface area (Å²) in [5, 5.41) is 10.8. The van der Waals surface area contributed by atoms with Crippen molar-refractivity contribution in [2.75, 3.05) is 0 Å². The lowest BCUT2D eigenvalue weighted by atomic mass is 9.93. The lowest BCUT2D eigenvalue weighted by molar-refractivity contribution is 1.10. The molecule has 0 aliphatic heterocycles. The van der Waals surface area contributed by atoms with Gasteiger partial charge in [0, 0.05) is 33.3 Å². The highest BCUT2D eigenvalue weighted by atomic mass is 15.0. The maximum absolute atomic E-state index is 5.37. The highest BCUT2D eigenvalue weighted by Gasteiger charge is 2.18. The Hall–Kier alpha value is -7.10. The van der Waals surface area contributed by atoms with Crippen molar-refractivity contribution >= 4 is 66.1 Å². The van der Waals surface area contributed by atoms with E-state index in [1.165, 1.54) is 48.5 Å². The summed E-state index contributed by atoms with van der Waals surface area (Å²) in [7, 11) is 0. The molecule has 0 spiro atoms. The topological polar surface area (TPSA) is 30.7 Å². The van der Waals surface area contributed by atoms with Gasteiger partial charge in [-0.05, 0) is 105 Å². The van der Waals surface area contributed by atoms with E-state index in [9.17, 15) is 0 Å². The van der Waals surface area contributed by atoms with Crippen molar-refractivity contribution < 1.29 is 0 Å². The molecule has 0 saturated carbocycles. The van der Waals surface area contributed by atoms with E-state index in [-0.39, 0.29) is 0 Å². The third-order valence-electron chi connectivity index (χ3n) is 10.7. The van der Waals surface area contributed by atoms with Crippen molar-refractivity contribution in [3.63, 3.8) is 0 Å². The molecule has 0 N–H and O–H groups in total. The number of rotatable bonds is 6. The standard InChI is InChI=1S/C51H35N3/c1-3-15-49-37(4-2)44-24-13-14-25-50(44)54(49)36-28-26-33(27-29-36)51-52-47(45-30-34-16-5-7-18-38(34)40-20-9-11-22-42(40)45)32-48(53-51)46-31-35-17-6-8-19-39(35)41-21-10-12-23-43(41)46/h3-32H,2H2,1H3/b15-3-. The average Bonchev–Trinajstić information content (AvgIpc) is 3.55. The van der Waals surface area contributed by atoms with E-state index in [2.05, 4.69) is 194 Å². The second kappa shape index (κ2) is 12.8. The van der Waals surface area contributed by atoms with Crippen LogP contribution in [0, 0.1) is 0 Å². The van der Waals surface area contributed by atoms with E-state index in [4.69, 9.17) is 9.97 Å². The van der Waals surface area contributed by atoms with Crippen LogP contribution in [0.1, 0.15) is 18.2 Å². The predicted molar refractivity (Wildman–Crippen MR) is 230 cm³/mol. The molecule has 0 radical (unpaired) electrons. The Morgan fingerprint density at radius 1 is 0.500 bits per heavy atom. The molecule has 0 unspecified atom stereocenters. The molecule has 2 aromatic heterocycles. The van der Waals surface area contributed by atoms with Crippen LogP contribution in [-0.4, -0.2) is 14.5 Å². The van der Waals surface area contributed by atoms with Crippen LogP contribution in [0.5, 0.6) is 0 Å². The Morgan fingerprint density at radius 3 is 1.52 bits per heavy atom. The zero-order valence-corrected chi connectivity index (χ0v) is 29.9. The Labute approximate surface area is 313 Å². The van der Waals surface area contributed by atoms with Gasteiger partial charge in [-0.15, -0.1) is 0 Å². The first-order chi connectivity index (χ1) is 26.7. The Bertz CT molecular complexity index is 2990. The molecule has 8 aromatic carbocycles. The van der Waals surface area contributed by atoms with Gasteiger partial charge in [0.25, 0.3) is 0 Å². The van der Waals surface area contributed by atoms with E-state index >= 15 is 0 Å². The van der Waals surface area contributed by atoms with Gasteiger partial charge in [-0.2, -0.15) is 0 Å². The van der Waals surface area contributed by atoms with Crippen LogP contribution >= 0.6 is 0 Å². The lowest BCUT2D eigenvalue weighted by Crippen LogP contribution is -1.99. The van der Waals surface area contributed by atoms with Crippen molar-refractivity contribution in [1.82, 2.24) is 14.5 Å². The van der Waals surface area contributed by atoms with E-state index in [0.717, 1.165) is 50.5 Å². The van der Waals surface area contributed by atoms with Gasteiger partial charge in [-0.3, -0.25) is 0 Å².